The van der Waals surface area contributed by atoms with Crippen molar-refractivity contribution in [3.8, 4) is 11.5 Å². The third-order valence-corrected chi connectivity index (χ3v) is 6.56. The number of likely N-dealkylation sites (tertiary alicyclic amines) is 1. The number of hydrogen-bond acceptors (Lipinski definition) is 5. The van der Waals surface area contributed by atoms with Crippen molar-refractivity contribution in [1.82, 2.24) is 15.5 Å². The molecule has 2 aliphatic rings. The second-order valence-electron chi connectivity index (χ2n) is 9.60. The number of nitrogens with one attached hydrogen (secondary N) is 2. The predicted octanol–water partition coefficient (Wildman–Crippen LogP) is 3.15. The first-order chi connectivity index (χ1) is 16.8. The van der Waals surface area contributed by atoms with E-state index in [2.05, 4.69) is 10.6 Å². The van der Waals surface area contributed by atoms with Gasteiger partial charge in [0.1, 0.15) is 6.04 Å². The Hall–Kier alpha value is -3.55. The Morgan fingerprint density at radius 3 is 2.46 bits per heavy atom. The first-order valence-electron chi connectivity index (χ1n) is 12.2. The number of carbonyl (C=O) groups excluding carboxylic acids is 3. The van der Waals surface area contributed by atoms with Crippen LogP contribution in [0.2, 0.25) is 0 Å². The maximum atomic E-state index is 13.1. The first kappa shape index (κ1) is 24.6. The summed E-state index contributed by atoms with van der Waals surface area (Å²) in [6.45, 7) is 7.65. The molecule has 4 rings (SSSR count). The highest BCUT2D eigenvalue weighted by Gasteiger charge is 2.34. The molecule has 2 heterocycles. The summed E-state index contributed by atoms with van der Waals surface area (Å²) in [5.74, 6) is 0.926. The smallest absolute Gasteiger partial charge is 0.253 e. The monoisotopic (exact) mass is 479 g/mol. The lowest BCUT2D eigenvalue weighted by Gasteiger charge is -2.36. The molecule has 1 fully saturated rings. The molecule has 2 aliphatic heterocycles. The summed E-state index contributed by atoms with van der Waals surface area (Å²) >= 11 is 0. The van der Waals surface area contributed by atoms with Crippen LogP contribution in [0.1, 0.15) is 53.0 Å². The number of piperidine rings is 1. The van der Waals surface area contributed by atoms with Crippen molar-refractivity contribution in [2.45, 2.75) is 39.7 Å². The van der Waals surface area contributed by atoms with Crippen LogP contribution in [0.15, 0.2) is 42.5 Å². The molecule has 0 aromatic heterocycles. The second-order valence-corrected chi connectivity index (χ2v) is 9.60. The SMILES string of the molecule is Cc1ccccc1C(=O)N[C@@H](C(=O)NCC(C)C)C1CCN(C(=O)c2ccc3c(c2)OCO3)CC1. The van der Waals surface area contributed by atoms with Gasteiger partial charge in [0.25, 0.3) is 11.8 Å². The number of aryl methyl sites for hydroxylation is 1. The van der Waals surface area contributed by atoms with Crippen LogP contribution in [-0.2, 0) is 4.79 Å². The minimum Gasteiger partial charge on any atom is -0.454 e. The zero-order chi connectivity index (χ0) is 24.9. The Kier molecular flexibility index (Phi) is 7.58. The molecule has 3 amide bonds. The standard InChI is InChI=1S/C27H33N3O5/c1-17(2)15-28-26(32)24(29-25(31)21-7-5-4-6-18(21)3)19-10-12-30(13-11-19)27(33)20-8-9-22-23(14-20)35-16-34-22/h4-9,14,17,19,24H,10-13,15-16H2,1-3H3,(H,28,32)(H,29,31)/t24-/m1/s1. The van der Waals surface area contributed by atoms with E-state index in [4.69, 9.17) is 9.47 Å². The van der Waals surface area contributed by atoms with Gasteiger partial charge in [-0.25, -0.2) is 0 Å². The van der Waals surface area contributed by atoms with Gasteiger partial charge in [-0.2, -0.15) is 0 Å². The molecule has 0 radical (unpaired) electrons. The van der Waals surface area contributed by atoms with Gasteiger partial charge >= 0.3 is 0 Å². The molecule has 2 aromatic rings. The van der Waals surface area contributed by atoms with Gasteiger partial charge in [-0.1, -0.05) is 32.0 Å². The Morgan fingerprint density at radius 1 is 1.03 bits per heavy atom. The van der Waals surface area contributed by atoms with Crippen molar-refractivity contribution in [1.29, 1.82) is 0 Å². The second kappa shape index (κ2) is 10.8. The van der Waals surface area contributed by atoms with E-state index in [1.165, 1.54) is 0 Å². The zero-order valence-corrected chi connectivity index (χ0v) is 20.5. The fourth-order valence-corrected chi connectivity index (χ4v) is 4.51. The topological polar surface area (TPSA) is 97.0 Å². The van der Waals surface area contributed by atoms with Crippen molar-refractivity contribution >= 4 is 17.7 Å². The molecule has 8 nitrogen and oxygen atoms in total. The van der Waals surface area contributed by atoms with Gasteiger partial charge < -0.3 is 25.0 Å². The Bertz CT molecular complexity index is 1090. The Balaban J connectivity index is 1.43. The summed E-state index contributed by atoms with van der Waals surface area (Å²) in [4.78, 5) is 41.0. The van der Waals surface area contributed by atoms with Crippen LogP contribution in [0.4, 0.5) is 0 Å². The molecule has 186 valence electrons. The van der Waals surface area contributed by atoms with Crippen molar-refractivity contribution in [3.63, 3.8) is 0 Å². The molecule has 1 atom stereocenters. The molecule has 2 aromatic carbocycles. The highest BCUT2D eigenvalue weighted by molar-refractivity contribution is 5.99. The maximum Gasteiger partial charge on any atom is 0.253 e. The molecule has 0 aliphatic carbocycles. The third kappa shape index (κ3) is 5.75. The number of benzene rings is 2. The number of fused-ring (bicyclic) bond motifs is 1. The lowest BCUT2D eigenvalue weighted by molar-refractivity contribution is -0.124. The summed E-state index contributed by atoms with van der Waals surface area (Å²) in [5.41, 5.74) is 1.96. The van der Waals surface area contributed by atoms with Crippen molar-refractivity contribution in [2.24, 2.45) is 11.8 Å². The Labute approximate surface area is 206 Å². The number of carbonyl (C=O) groups is 3. The van der Waals surface area contributed by atoms with Crippen LogP contribution in [0.5, 0.6) is 11.5 Å². The van der Waals surface area contributed by atoms with E-state index in [1.807, 2.05) is 39.0 Å². The van der Waals surface area contributed by atoms with Crippen LogP contribution < -0.4 is 20.1 Å². The largest absolute Gasteiger partial charge is 0.454 e. The van der Waals surface area contributed by atoms with E-state index in [9.17, 15) is 14.4 Å². The van der Waals surface area contributed by atoms with Crippen LogP contribution in [0, 0.1) is 18.8 Å². The molecule has 0 unspecified atom stereocenters. The van der Waals surface area contributed by atoms with Gasteiger partial charge in [0.15, 0.2) is 11.5 Å². The molecular formula is C27H33N3O5. The lowest BCUT2D eigenvalue weighted by Crippen LogP contribution is -2.54. The fourth-order valence-electron chi connectivity index (χ4n) is 4.51. The van der Waals surface area contributed by atoms with Crippen molar-refractivity contribution < 1.29 is 23.9 Å². The van der Waals surface area contributed by atoms with E-state index in [-0.39, 0.29) is 30.4 Å². The molecular weight excluding hydrogens is 446 g/mol. The van der Waals surface area contributed by atoms with Gasteiger partial charge in [-0.3, -0.25) is 14.4 Å². The summed E-state index contributed by atoms with van der Waals surface area (Å²) < 4.78 is 10.7. The van der Waals surface area contributed by atoms with Gasteiger partial charge in [0, 0.05) is 30.8 Å². The number of hydrogen-bond donors (Lipinski definition) is 2. The fraction of sp³-hybridized carbons (Fsp3) is 0.444. The Morgan fingerprint density at radius 2 is 1.74 bits per heavy atom. The van der Waals surface area contributed by atoms with Crippen LogP contribution in [0.3, 0.4) is 0 Å². The average Bonchev–Trinajstić information content (AvgIpc) is 3.33. The maximum absolute atomic E-state index is 13.1. The summed E-state index contributed by atoms with van der Waals surface area (Å²) in [6.07, 6.45) is 1.23. The molecule has 1 saturated heterocycles. The lowest BCUT2D eigenvalue weighted by atomic mass is 9.88. The zero-order valence-electron chi connectivity index (χ0n) is 20.5. The average molecular weight is 480 g/mol. The number of rotatable bonds is 7. The molecule has 0 spiro atoms. The molecule has 2 N–H and O–H groups in total. The molecule has 8 heteroatoms. The van der Waals surface area contributed by atoms with Gasteiger partial charge in [-0.05, 0) is 61.4 Å². The molecule has 35 heavy (non-hydrogen) atoms. The minimum atomic E-state index is -0.663. The predicted molar refractivity (Wildman–Crippen MR) is 131 cm³/mol. The molecule has 0 bridgehead atoms. The van der Waals surface area contributed by atoms with Gasteiger partial charge in [0.2, 0.25) is 12.7 Å². The van der Waals surface area contributed by atoms with Crippen LogP contribution in [0.25, 0.3) is 0 Å². The quantitative estimate of drug-likeness (QED) is 0.636. The summed E-state index contributed by atoms with van der Waals surface area (Å²) in [7, 11) is 0. The minimum absolute atomic E-state index is 0.0732. The van der Waals surface area contributed by atoms with Gasteiger partial charge in [-0.15, -0.1) is 0 Å². The highest BCUT2D eigenvalue weighted by atomic mass is 16.7. The van der Waals surface area contributed by atoms with E-state index >= 15 is 0 Å². The third-order valence-electron chi connectivity index (χ3n) is 6.56. The highest BCUT2D eigenvalue weighted by Crippen LogP contribution is 2.33. The van der Waals surface area contributed by atoms with Crippen LogP contribution in [-0.4, -0.2) is 55.1 Å². The molecule has 0 saturated carbocycles. The van der Waals surface area contributed by atoms with E-state index in [0.29, 0.717) is 61.0 Å². The van der Waals surface area contributed by atoms with Gasteiger partial charge in [0.05, 0.1) is 0 Å². The van der Waals surface area contributed by atoms with E-state index < -0.39 is 6.04 Å². The van der Waals surface area contributed by atoms with Crippen LogP contribution >= 0.6 is 0 Å². The number of nitrogens with zero attached hydrogens (tertiary/aromatic N) is 1. The summed E-state index contributed by atoms with van der Waals surface area (Å²) in [6, 6.07) is 11.9. The summed E-state index contributed by atoms with van der Waals surface area (Å²) in [5, 5.41) is 5.96. The van der Waals surface area contributed by atoms with E-state index in [0.717, 1.165) is 5.56 Å². The number of amides is 3. The van der Waals surface area contributed by atoms with E-state index in [1.54, 1.807) is 29.2 Å². The normalized spacial score (nSPS) is 16.2. The first-order valence-corrected chi connectivity index (χ1v) is 12.2. The van der Waals surface area contributed by atoms with Crippen molar-refractivity contribution in [2.75, 3.05) is 26.4 Å². The van der Waals surface area contributed by atoms with Crippen molar-refractivity contribution in [3.05, 3.63) is 59.2 Å². The number of ether oxygens (including phenoxy) is 2.